The lowest BCUT2D eigenvalue weighted by atomic mass is 10.1. The summed E-state index contributed by atoms with van der Waals surface area (Å²) in [5.41, 5.74) is 0.347. The molecule has 5 nitrogen and oxygen atoms in total. The molecule has 1 heterocycles. The van der Waals surface area contributed by atoms with Crippen LogP contribution in [0.5, 0.6) is 0 Å². The maximum Gasteiger partial charge on any atom is 0.274 e. The van der Waals surface area contributed by atoms with Gasteiger partial charge in [-0.25, -0.2) is 5.01 Å². The topological polar surface area (TPSA) is 73.1 Å². The molecule has 0 aromatic heterocycles. The molecule has 62 valence electrons. The van der Waals surface area contributed by atoms with E-state index in [2.05, 4.69) is 5.10 Å². The van der Waals surface area contributed by atoms with E-state index in [1.54, 1.807) is 6.92 Å². The summed E-state index contributed by atoms with van der Waals surface area (Å²) in [6.07, 6.45) is -2.52. The first-order valence-corrected chi connectivity index (χ1v) is 3.23. The molecule has 0 radical (unpaired) electrons. The molecular weight excluding hydrogens is 148 g/mol. The van der Waals surface area contributed by atoms with E-state index in [-0.39, 0.29) is 0 Å². The molecule has 0 bridgehead atoms. The predicted octanol–water partition coefficient (Wildman–Crippen LogP) is -1.44. The second kappa shape index (κ2) is 2.60. The number of hydrogen-bond donors (Lipinski definition) is 2. The Kier molecular flexibility index (Phi) is 1.92. The molecule has 1 aliphatic rings. The Morgan fingerprint density at radius 2 is 2.00 bits per heavy atom. The van der Waals surface area contributed by atoms with Crippen LogP contribution >= 0.6 is 0 Å². The minimum absolute atomic E-state index is 0.347. The molecule has 0 saturated heterocycles. The van der Waals surface area contributed by atoms with Gasteiger partial charge in [0.05, 0.1) is 5.71 Å². The van der Waals surface area contributed by atoms with E-state index in [9.17, 15) is 4.79 Å². The fourth-order valence-electron chi connectivity index (χ4n) is 0.900. The molecule has 0 spiro atoms. The second-order valence-corrected chi connectivity index (χ2v) is 2.49. The van der Waals surface area contributed by atoms with Crippen LogP contribution in [0.3, 0.4) is 0 Å². The highest BCUT2D eigenvalue weighted by molar-refractivity contribution is 5.97. The van der Waals surface area contributed by atoms with Crippen molar-refractivity contribution in [3.8, 4) is 0 Å². The van der Waals surface area contributed by atoms with Gasteiger partial charge in [0, 0.05) is 7.05 Å². The molecule has 0 unspecified atom stereocenters. The van der Waals surface area contributed by atoms with E-state index in [4.69, 9.17) is 10.2 Å². The molecule has 1 aliphatic heterocycles. The van der Waals surface area contributed by atoms with E-state index in [0.717, 1.165) is 5.01 Å². The Bertz CT molecular complexity index is 214. The van der Waals surface area contributed by atoms with Gasteiger partial charge in [0.15, 0.2) is 6.10 Å². The molecule has 2 N–H and O–H groups in total. The quantitative estimate of drug-likeness (QED) is 0.453. The van der Waals surface area contributed by atoms with E-state index >= 15 is 0 Å². The van der Waals surface area contributed by atoms with Gasteiger partial charge in [-0.15, -0.1) is 0 Å². The number of rotatable bonds is 0. The van der Waals surface area contributed by atoms with Crippen molar-refractivity contribution in [1.82, 2.24) is 5.01 Å². The second-order valence-electron chi connectivity index (χ2n) is 2.49. The Balaban J connectivity index is 2.92. The zero-order valence-corrected chi connectivity index (χ0v) is 6.35. The van der Waals surface area contributed by atoms with Crippen molar-refractivity contribution in [2.45, 2.75) is 19.1 Å². The Hall–Kier alpha value is -0.940. The van der Waals surface area contributed by atoms with E-state index in [1.165, 1.54) is 7.05 Å². The number of carbonyl (C=O) groups excluding carboxylic acids is 1. The fraction of sp³-hybridized carbons (Fsp3) is 0.667. The lowest BCUT2D eigenvalue weighted by Gasteiger charge is -2.26. The third-order valence-corrected chi connectivity index (χ3v) is 1.61. The van der Waals surface area contributed by atoms with Crippen molar-refractivity contribution in [1.29, 1.82) is 0 Å². The summed E-state index contributed by atoms with van der Waals surface area (Å²) >= 11 is 0. The highest BCUT2D eigenvalue weighted by Gasteiger charge is 2.33. The summed E-state index contributed by atoms with van der Waals surface area (Å²) in [7, 11) is 1.43. The maximum atomic E-state index is 10.9. The van der Waals surface area contributed by atoms with Crippen LogP contribution < -0.4 is 0 Å². The van der Waals surface area contributed by atoms with Crippen LogP contribution in [-0.2, 0) is 4.79 Å². The Morgan fingerprint density at radius 3 is 2.55 bits per heavy atom. The van der Waals surface area contributed by atoms with Gasteiger partial charge in [0.25, 0.3) is 5.91 Å². The predicted molar refractivity (Wildman–Crippen MR) is 37.9 cm³/mol. The molecule has 0 aromatic rings. The zero-order valence-electron chi connectivity index (χ0n) is 6.35. The number of likely N-dealkylation sites (N-methyl/N-ethyl adjacent to an activating group) is 1. The minimum Gasteiger partial charge on any atom is -0.384 e. The first-order valence-electron chi connectivity index (χ1n) is 3.23. The van der Waals surface area contributed by atoms with Gasteiger partial charge >= 0.3 is 0 Å². The molecule has 0 aromatic carbocycles. The summed E-state index contributed by atoms with van der Waals surface area (Å²) in [5, 5.41) is 22.9. The molecule has 0 saturated carbocycles. The van der Waals surface area contributed by atoms with Crippen LogP contribution in [0, 0.1) is 0 Å². The number of carbonyl (C=O) groups is 1. The van der Waals surface area contributed by atoms with Crippen LogP contribution in [0.2, 0.25) is 0 Å². The molecule has 0 aliphatic carbocycles. The van der Waals surface area contributed by atoms with E-state index in [1.807, 2.05) is 0 Å². The van der Waals surface area contributed by atoms with Crippen molar-refractivity contribution >= 4 is 11.6 Å². The Labute approximate surface area is 63.9 Å². The highest BCUT2D eigenvalue weighted by Crippen LogP contribution is 2.08. The standard InChI is InChI=1S/C6H10N2O3/c1-3-4(9)5(10)6(11)8(2)7-3/h4-5,9-10H,1-2H3/t4-,5+/m1/s1. The number of nitrogens with zero attached hydrogens (tertiary/aromatic N) is 2. The molecule has 5 heteroatoms. The third-order valence-electron chi connectivity index (χ3n) is 1.61. The molecule has 11 heavy (non-hydrogen) atoms. The summed E-state index contributed by atoms with van der Waals surface area (Å²) in [6.45, 7) is 1.55. The average Bonchev–Trinajstić information content (AvgIpc) is 1.97. The molecule has 0 fully saturated rings. The molecule has 2 atom stereocenters. The number of amides is 1. The summed E-state index contributed by atoms with van der Waals surface area (Å²) in [5.74, 6) is -0.580. The van der Waals surface area contributed by atoms with Gasteiger partial charge in [-0.05, 0) is 6.92 Å². The van der Waals surface area contributed by atoms with E-state index < -0.39 is 18.1 Å². The van der Waals surface area contributed by atoms with Crippen LogP contribution in [0.4, 0.5) is 0 Å². The van der Waals surface area contributed by atoms with Crippen molar-refractivity contribution in [2.75, 3.05) is 7.05 Å². The minimum atomic E-state index is -1.36. The summed E-state index contributed by atoms with van der Waals surface area (Å²) in [6, 6.07) is 0. The van der Waals surface area contributed by atoms with Gasteiger partial charge in [0.1, 0.15) is 6.10 Å². The van der Waals surface area contributed by atoms with Crippen LogP contribution in [0.1, 0.15) is 6.92 Å². The number of hydrogen-bond acceptors (Lipinski definition) is 4. The zero-order chi connectivity index (χ0) is 8.59. The summed E-state index contributed by atoms with van der Waals surface area (Å²) < 4.78 is 0. The lowest BCUT2D eigenvalue weighted by molar-refractivity contribution is -0.144. The molecule has 1 amide bonds. The van der Waals surface area contributed by atoms with Crippen LogP contribution in [-0.4, -0.2) is 46.1 Å². The van der Waals surface area contributed by atoms with Crippen molar-refractivity contribution in [2.24, 2.45) is 5.10 Å². The highest BCUT2D eigenvalue weighted by atomic mass is 16.3. The first kappa shape index (κ1) is 8.16. The Morgan fingerprint density at radius 1 is 1.45 bits per heavy atom. The number of aliphatic hydroxyl groups is 2. The van der Waals surface area contributed by atoms with E-state index in [0.29, 0.717) is 5.71 Å². The monoisotopic (exact) mass is 158 g/mol. The van der Waals surface area contributed by atoms with Gasteiger partial charge in [-0.1, -0.05) is 0 Å². The van der Waals surface area contributed by atoms with Gasteiger partial charge in [-0.3, -0.25) is 4.79 Å². The molecule has 1 rings (SSSR count). The van der Waals surface area contributed by atoms with Gasteiger partial charge in [0.2, 0.25) is 0 Å². The number of aliphatic hydroxyl groups excluding tert-OH is 2. The van der Waals surface area contributed by atoms with Crippen LogP contribution in [0.25, 0.3) is 0 Å². The normalized spacial score (nSPS) is 32.2. The fourth-order valence-corrected chi connectivity index (χ4v) is 0.900. The third kappa shape index (κ3) is 1.24. The number of hydrazone groups is 1. The lowest BCUT2D eigenvalue weighted by Crippen LogP contribution is -2.49. The molecular formula is C6H10N2O3. The van der Waals surface area contributed by atoms with Gasteiger partial charge in [-0.2, -0.15) is 5.10 Å². The van der Waals surface area contributed by atoms with Crippen molar-refractivity contribution < 1.29 is 15.0 Å². The average molecular weight is 158 g/mol. The largest absolute Gasteiger partial charge is 0.384 e. The van der Waals surface area contributed by atoms with Crippen molar-refractivity contribution in [3.63, 3.8) is 0 Å². The van der Waals surface area contributed by atoms with Gasteiger partial charge < -0.3 is 10.2 Å². The summed E-state index contributed by atoms with van der Waals surface area (Å²) in [4.78, 5) is 10.9. The van der Waals surface area contributed by atoms with Crippen LogP contribution in [0.15, 0.2) is 5.10 Å². The smallest absolute Gasteiger partial charge is 0.274 e. The SMILES string of the molecule is CC1=NN(C)C(=O)[C@@H](O)[C@@H]1O. The van der Waals surface area contributed by atoms with Crippen molar-refractivity contribution in [3.05, 3.63) is 0 Å². The maximum absolute atomic E-state index is 10.9. The first-order chi connectivity index (χ1) is 5.04.